The van der Waals surface area contributed by atoms with Crippen LogP contribution in [0.5, 0.6) is 0 Å². The molecule has 0 saturated carbocycles. The predicted molar refractivity (Wildman–Crippen MR) is 77.6 cm³/mol. The Kier molecular flexibility index (Phi) is 5.39. The molecular formula is C15H25NO5. The Bertz CT molecular complexity index is 426. The second kappa shape index (κ2) is 6.47. The predicted octanol–water partition coefficient (Wildman–Crippen LogP) is 2.33. The van der Waals surface area contributed by atoms with Gasteiger partial charge in [-0.1, -0.05) is 12.2 Å². The molecule has 0 aromatic heterocycles. The van der Waals surface area contributed by atoms with Crippen molar-refractivity contribution in [1.29, 1.82) is 0 Å². The van der Waals surface area contributed by atoms with E-state index in [1.807, 2.05) is 6.92 Å². The van der Waals surface area contributed by atoms with E-state index in [2.05, 4.69) is 6.58 Å². The molecule has 1 amide bonds. The summed E-state index contributed by atoms with van der Waals surface area (Å²) in [4.78, 5) is 25.7. The molecule has 1 unspecified atom stereocenters. The summed E-state index contributed by atoms with van der Waals surface area (Å²) in [6, 6.07) is -0.725. The van der Waals surface area contributed by atoms with Crippen molar-refractivity contribution in [3.8, 4) is 0 Å². The van der Waals surface area contributed by atoms with Crippen LogP contribution in [0.4, 0.5) is 4.79 Å². The fourth-order valence-corrected chi connectivity index (χ4v) is 2.46. The molecule has 0 aromatic rings. The molecule has 0 aliphatic carbocycles. The van der Waals surface area contributed by atoms with E-state index in [-0.39, 0.29) is 5.92 Å². The van der Waals surface area contributed by atoms with Crippen molar-refractivity contribution in [3.05, 3.63) is 12.2 Å². The van der Waals surface area contributed by atoms with E-state index in [0.717, 1.165) is 5.57 Å². The lowest BCUT2D eigenvalue weighted by atomic mass is 9.97. The van der Waals surface area contributed by atoms with Crippen molar-refractivity contribution in [2.45, 2.75) is 52.0 Å². The number of ether oxygens (including phenoxy) is 3. The first-order valence-electron chi connectivity index (χ1n) is 6.89. The number of hydrogen-bond donors (Lipinski definition) is 0. The molecule has 0 N–H and O–H groups in total. The van der Waals surface area contributed by atoms with Gasteiger partial charge in [-0.15, -0.1) is 0 Å². The van der Waals surface area contributed by atoms with Crippen LogP contribution in [0, 0.1) is 5.92 Å². The molecule has 1 fully saturated rings. The maximum absolute atomic E-state index is 12.4. The van der Waals surface area contributed by atoms with Gasteiger partial charge in [0.25, 0.3) is 0 Å². The van der Waals surface area contributed by atoms with Crippen LogP contribution in [0.15, 0.2) is 12.2 Å². The summed E-state index contributed by atoms with van der Waals surface area (Å²) in [7, 11) is 2.79. The number of carbonyl (C=O) groups excluding carboxylic acids is 2. The number of hydrogen-bond acceptors (Lipinski definition) is 5. The molecule has 6 nitrogen and oxygen atoms in total. The number of nitrogens with zero attached hydrogens (tertiary/aromatic N) is 1. The van der Waals surface area contributed by atoms with E-state index in [0.29, 0.717) is 6.42 Å². The molecule has 0 aromatic carbocycles. The van der Waals surface area contributed by atoms with Crippen LogP contribution in [0.3, 0.4) is 0 Å². The van der Waals surface area contributed by atoms with E-state index >= 15 is 0 Å². The van der Waals surface area contributed by atoms with Gasteiger partial charge in [-0.05, 0) is 34.1 Å². The van der Waals surface area contributed by atoms with Crippen molar-refractivity contribution in [3.63, 3.8) is 0 Å². The topological polar surface area (TPSA) is 65.1 Å². The summed E-state index contributed by atoms with van der Waals surface area (Å²) >= 11 is 0. The number of esters is 1. The quantitative estimate of drug-likeness (QED) is 0.591. The third-order valence-corrected chi connectivity index (χ3v) is 3.38. The van der Waals surface area contributed by atoms with Crippen molar-refractivity contribution in [1.82, 2.24) is 4.90 Å². The van der Waals surface area contributed by atoms with Crippen LogP contribution in [0.25, 0.3) is 0 Å². The number of rotatable bonds is 3. The van der Waals surface area contributed by atoms with Crippen molar-refractivity contribution < 1.29 is 23.8 Å². The van der Waals surface area contributed by atoms with Crippen LogP contribution < -0.4 is 0 Å². The summed E-state index contributed by atoms with van der Waals surface area (Å²) in [5.74, 6) is -0.613. The summed E-state index contributed by atoms with van der Waals surface area (Å²) < 4.78 is 15.6. The lowest BCUT2D eigenvalue weighted by molar-refractivity contribution is -0.148. The lowest BCUT2D eigenvalue weighted by Gasteiger charge is -2.31. The summed E-state index contributed by atoms with van der Waals surface area (Å²) in [5.41, 5.74) is 0.193. The maximum atomic E-state index is 12.4. The number of likely N-dealkylation sites (tertiary alicyclic amines) is 1. The van der Waals surface area contributed by atoms with Crippen molar-refractivity contribution in [2.75, 3.05) is 14.2 Å². The standard InChI is InChI=1S/C15H25NO5/c1-9(2)10-8-11(13(17)20-7)16(12(10)19-6)14(18)21-15(3,4)5/h10-12H,1,8H2,2-7H3/t10-,11-,12?/m0/s1. The van der Waals surface area contributed by atoms with Crippen LogP contribution in [0.1, 0.15) is 34.1 Å². The Morgan fingerprint density at radius 3 is 2.19 bits per heavy atom. The smallest absolute Gasteiger partial charge is 0.413 e. The Morgan fingerprint density at radius 1 is 1.24 bits per heavy atom. The molecule has 0 radical (unpaired) electrons. The average Bonchev–Trinajstić information content (AvgIpc) is 2.75. The Morgan fingerprint density at radius 2 is 1.81 bits per heavy atom. The zero-order valence-electron chi connectivity index (χ0n) is 13.6. The highest BCUT2D eigenvalue weighted by Crippen LogP contribution is 2.36. The normalized spacial score (nSPS) is 25.6. The summed E-state index contributed by atoms with van der Waals surface area (Å²) in [6.45, 7) is 11.1. The molecule has 120 valence electrons. The minimum absolute atomic E-state index is 0.133. The van der Waals surface area contributed by atoms with Gasteiger partial charge in [0.2, 0.25) is 0 Å². The SMILES string of the molecule is C=C(C)[C@@H]1C[C@@H](C(=O)OC)N(C(=O)OC(C)(C)C)C1OC. The molecule has 1 heterocycles. The third-order valence-electron chi connectivity index (χ3n) is 3.38. The number of carbonyl (C=O) groups is 2. The summed E-state index contributed by atoms with van der Waals surface area (Å²) in [6.07, 6.45) is -0.755. The third kappa shape index (κ3) is 3.97. The van der Waals surface area contributed by atoms with Gasteiger partial charge < -0.3 is 14.2 Å². The monoisotopic (exact) mass is 299 g/mol. The first kappa shape index (κ1) is 17.5. The molecule has 3 atom stereocenters. The van der Waals surface area contributed by atoms with Gasteiger partial charge in [0.1, 0.15) is 17.9 Å². The Hall–Kier alpha value is -1.56. The van der Waals surface area contributed by atoms with Gasteiger partial charge in [-0.3, -0.25) is 4.90 Å². The highest BCUT2D eigenvalue weighted by molar-refractivity contribution is 5.82. The average molecular weight is 299 g/mol. The minimum Gasteiger partial charge on any atom is -0.467 e. The first-order chi connectivity index (χ1) is 9.62. The molecule has 1 aliphatic heterocycles. The van der Waals surface area contributed by atoms with Crippen molar-refractivity contribution in [2.24, 2.45) is 5.92 Å². The second-order valence-electron chi connectivity index (χ2n) is 6.24. The largest absolute Gasteiger partial charge is 0.467 e. The van der Waals surface area contributed by atoms with Gasteiger partial charge in [0, 0.05) is 13.0 Å². The fraction of sp³-hybridized carbons (Fsp3) is 0.733. The molecule has 1 saturated heterocycles. The molecule has 0 spiro atoms. The molecule has 21 heavy (non-hydrogen) atoms. The Balaban J connectivity index is 3.09. The number of amides is 1. The van der Waals surface area contributed by atoms with E-state index in [1.165, 1.54) is 19.1 Å². The zero-order chi connectivity index (χ0) is 16.4. The van der Waals surface area contributed by atoms with Crippen molar-refractivity contribution >= 4 is 12.1 Å². The Labute approximate surface area is 126 Å². The van der Waals surface area contributed by atoms with E-state index in [1.54, 1.807) is 20.8 Å². The van der Waals surface area contributed by atoms with Crippen LogP contribution in [0.2, 0.25) is 0 Å². The molecule has 6 heteroatoms. The first-order valence-corrected chi connectivity index (χ1v) is 6.89. The molecule has 0 bridgehead atoms. The molecular weight excluding hydrogens is 274 g/mol. The second-order valence-corrected chi connectivity index (χ2v) is 6.24. The van der Waals surface area contributed by atoms with Gasteiger partial charge in [-0.2, -0.15) is 0 Å². The van der Waals surface area contributed by atoms with Crippen LogP contribution >= 0.6 is 0 Å². The van der Waals surface area contributed by atoms with E-state index in [4.69, 9.17) is 14.2 Å². The fourth-order valence-electron chi connectivity index (χ4n) is 2.46. The molecule has 1 rings (SSSR count). The minimum atomic E-state index is -0.725. The maximum Gasteiger partial charge on any atom is 0.413 e. The van der Waals surface area contributed by atoms with E-state index in [9.17, 15) is 9.59 Å². The lowest BCUT2D eigenvalue weighted by Crippen LogP contribution is -2.48. The summed E-state index contributed by atoms with van der Waals surface area (Å²) in [5, 5.41) is 0. The van der Waals surface area contributed by atoms with Gasteiger partial charge >= 0.3 is 12.1 Å². The van der Waals surface area contributed by atoms with Gasteiger partial charge in [0.05, 0.1) is 7.11 Å². The van der Waals surface area contributed by atoms with Crippen LogP contribution in [-0.2, 0) is 19.0 Å². The van der Waals surface area contributed by atoms with E-state index < -0.39 is 29.9 Å². The number of methoxy groups -OCH3 is 2. The van der Waals surface area contributed by atoms with Gasteiger partial charge in [-0.25, -0.2) is 9.59 Å². The highest BCUT2D eigenvalue weighted by atomic mass is 16.6. The zero-order valence-corrected chi connectivity index (χ0v) is 13.6. The van der Waals surface area contributed by atoms with Crippen LogP contribution in [-0.4, -0.2) is 49.1 Å². The van der Waals surface area contributed by atoms with Gasteiger partial charge in [0.15, 0.2) is 0 Å². The highest BCUT2D eigenvalue weighted by Gasteiger charge is 2.49. The molecule has 1 aliphatic rings.